The largest absolute Gasteiger partial charge is 0.480 e. The molecule has 0 aromatic carbocycles. The molecule has 1 aliphatic rings. The van der Waals surface area contributed by atoms with E-state index in [0.29, 0.717) is 18.8 Å². The number of Topliss-reactive ketones (excluding diaryl/α,β-unsaturated/α-hetero) is 1. The van der Waals surface area contributed by atoms with Crippen LogP contribution in [0.3, 0.4) is 0 Å². The summed E-state index contributed by atoms with van der Waals surface area (Å²) in [4.78, 5) is 26.5. The Morgan fingerprint density at radius 2 is 2.17 bits per heavy atom. The molecule has 0 aliphatic carbocycles. The maximum atomic E-state index is 11.8. The quantitative estimate of drug-likeness (QED) is 0.640. The van der Waals surface area contributed by atoms with Gasteiger partial charge in [0.25, 0.3) is 0 Å². The lowest BCUT2D eigenvalue weighted by atomic mass is 9.95. The monoisotopic (exact) mass is 254 g/mol. The van der Waals surface area contributed by atoms with E-state index in [0.717, 1.165) is 25.7 Å². The first-order valence-corrected chi connectivity index (χ1v) is 6.55. The number of carboxylic acids is 1. The predicted octanol–water partition coefficient (Wildman–Crippen LogP) is 1.40. The smallest absolute Gasteiger partial charge is 0.320 e. The van der Waals surface area contributed by atoms with E-state index in [1.54, 1.807) is 0 Å². The third kappa shape index (κ3) is 4.56. The second kappa shape index (κ2) is 7.26. The number of ketones is 1. The van der Waals surface area contributed by atoms with Crippen molar-refractivity contribution in [2.45, 2.75) is 57.5 Å². The van der Waals surface area contributed by atoms with E-state index in [9.17, 15) is 9.59 Å². The molecule has 1 rings (SSSR count). The number of carboxylic acid groups (broad SMARTS) is 1. The lowest BCUT2D eigenvalue weighted by molar-refractivity contribution is -0.138. The summed E-state index contributed by atoms with van der Waals surface area (Å²) in [6.07, 6.45) is 6.13. The average molecular weight is 254 g/mol. The minimum Gasteiger partial charge on any atom is -0.480 e. The Bertz CT molecular complexity index is 328. The van der Waals surface area contributed by atoms with Gasteiger partial charge in [0, 0.05) is 6.42 Å². The molecule has 0 saturated heterocycles. The number of aliphatic carboxylic acids is 1. The lowest BCUT2D eigenvalue weighted by Crippen LogP contribution is -2.29. The Morgan fingerprint density at radius 1 is 1.44 bits per heavy atom. The highest BCUT2D eigenvalue weighted by atomic mass is 16.4. The number of hydrogen-bond donors (Lipinski definition) is 2. The molecular formula is C13H22N2O3. The van der Waals surface area contributed by atoms with Crippen LogP contribution in [0.5, 0.6) is 0 Å². The van der Waals surface area contributed by atoms with E-state index >= 15 is 0 Å². The highest BCUT2D eigenvalue weighted by Crippen LogP contribution is 2.20. The van der Waals surface area contributed by atoms with Crippen LogP contribution in [0.15, 0.2) is 4.99 Å². The number of nitrogens with zero attached hydrogens (tertiary/aromatic N) is 1. The zero-order valence-electron chi connectivity index (χ0n) is 10.8. The van der Waals surface area contributed by atoms with Crippen LogP contribution in [-0.2, 0) is 9.59 Å². The molecule has 0 bridgehead atoms. The van der Waals surface area contributed by atoms with Gasteiger partial charge < -0.3 is 10.8 Å². The zero-order valence-corrected chi connectivity index (χ0v) is 10.8. The molecule has 0 radical (unpaired) electrons. The van der Waals surface area contributed by atoms with Crippen LogP contribution in [0.4, 0.5) is 0 Å². The van der Waals surface area contributed by atoms with Gasteiger partial charge in [-0.25, -0.2) is 0 Å². The minimum absolute atomic E-state index is 0.147. The fourth-order valence-electron chi connectivity index (χ4n) is 2.13. The second-order valence-electron chi connectivity index (χ2n) is 5.00. The van der Waals surface area contributed by atoms with Crippen molar-refractivity contribution in [3.8, 4) is 0 Å². The van der Waals surface area contributed by atoms with E-state index in [1.807, 2.05) is 13.1 Å². The summed E-state index contributed by atoms with van der Waals surface area (Å²) in [5.74, 6) is -0.420. The third-order valence-corrected chi connectivity index (χ3v) is 3.37. The Hall–Kier alpha value is -1.23. The number of rotatable bonds is 8. The summed E-state index contributed by atoms with van der Waals surface area (Å²) in [7, 11) is 0. The maximum Gasteiger partial charge on any atom is 0.320 e. The molecule has 3 atom stereocenters. The zero-order chi connectivity index (χ0) is 13.5. The highest BCUT2D eigenvalue weighted by Gasteiger charge is 2.26. The van der Waals surface area contributed by atoms with E-state index in [4.69, 9.17) is 10.8 Å². The van der Waals surface area contributed by atoms with Crippen molar-refractivity contribution in [1.29, 1.82) is 0 Å². The second-order valence-corrected chi connectivity index (χ2v) is 5.00. The summed E-state index contributed by atoms with van der Waals surface area (Å²) in [6.45, 7) is 2.04. The molecule has 1 heterocycles. The van der Waals surface area contributed by atoms with Crippen molar-refractivity contribution in [1.82, 2.24) is 0 Å². The van der Waals surface area contributed by atoms with Crippen molar-refractivity contribution in [2.24, 2.45) is 16.6 Å². The number of carbonyl (C=O) groups is 2. The van der Waals surface area contributed by atoms with Gasteiger partial charge in [0.2, 0.25) is 0 Å². The summed E-state index contributed by atoms with van der Waals surface area (Å²) < 4.78 is 0. The standard InChI is InChI=1S/C13H22N2O3/c1-9-7-8-15-12(9)11(16)6-4-2-3-5-10(14)13(17)18/h8-10,12H,2-7,14H2,1H3,(H,17,18)/t9?,10-,12+/m0/s1. The van der Waals surface area contributed by atoms with Gasteiger partial charge in [-0.2, -0.15) is 0 Å². The fraction of sp³-hybridized carbons (Fsp3) is 0.769. The first-order chi connectivity index (χ1) is 8.52. The molecule has 0 saturated carbocycles. The molecule has 5 nitrogen and oxygen atoms in total. The molecule has 3 N–H and O–H groups in total. The first kappa shape index (κ1) is 14.8. The van der Waals surface area contributed by atoms with Crippen molar-refractivity contribution in [3.05, 3.63) is 0 Å². The van der Waals surface area contributed by atoms with Crippen molar-refractivity contribution >= 4 is 18.0 Å². The third-order valence-electron chi connectivity index (χ3n) is 3.37. The fourth-order valence-corrected chi connectivity index (χ4v) is 2.13. The minimum atomic E-state index is -0.958. The van der Waals surface area contributed by atoms with E-state index in [-0.39, 0.29) is 11.8 Å². The van der Waals surface area contributed by atoms with Crippen LogP contribution in [-0.4, -0.2) is 35.2 Å². The Morgan fingerprint density at radius 3 is 2.72 bits per heavy atom. The van der Waals surface area contributed by atoms with Crippen LogP contribution in [0.2, 0.25) is 0 Å². The molecule has 1 unspecified atom stereocenters. The highest BCUT2D eigenvalue weighted by molar-refractivity contribution is 5.87. The van der Waals surface area contributed by atoms with Crippen LogP contribution < -0.4 is 5.73 Å². The summed E-state index contributed by atoms with van der Waals surface area (Å²) in [5.41, 5.74) is 5.39. The number of hydrogen-bond acceptors (Lipinski definition) is 4. The van der Waals surface area contributed by atoms with Crippen LogP contribution in [0, 0.1) is 5.92 Å². The van der Waals surface area contributed by atoms with Gasteiger partial charge in [-0.05, 0) is 31.4 Å². The van der Waals surface area contributed by atoms with E-state index in [1.165, 1.54) is 0 Å². The molecule has 0 spiro atoms. The van der Waals surface area contributed by atoms with Crippen LogP contribution in [0.25, 0.3) is 0 Å². The molecule has 0 aromatic heterocycles. The number of nitrogens with two attached hydrogens (primary N) is 1. The Kier molecular flexibility index (Phi) is 5.98. The molecule has 102 valence electrons. The van der Waals surface area contributed by atoms with E-state index in [2.05, 4.69) is 4.99 Å². The van der Waals surface area contributed by atoms with Crippen LogP contribution in [0.1, 0.15) is 45.4 Å². The van der Waals surface area contributed by atoms with Gasteiger partial charge in [-0.15, -0.1) is 0 Å². The summed E-state index contributed by atoms with van der Waals surface area (Å²) >= 11 is 0. The normalized spacial score (nSPS) is 24.1. The Labute approximate surface area is 107 Å². The van der Waals surface area contributed by atoms with Gasteiger partial charge in [0.1, 0.15) is 12.1 Å². The molecule has 18 heavy (non-hydrogen) atoms. The Balaban J connectivity index is 2.09. The van der Waals surface area contributed by atoms with Crippen molar-refractivity contribution < 1.29 is 14.7 Å². The van der Waals surface area contributed by atoms with Gasteiger partial charge >= 0.3 is 5.97 Å². The topological polar surface area (TPSA) is 92.8 Å². The lowest BCUT2D eigenvalue weighted by Gasteiger charge is -2.12. The maximum absolute atomic E-state index is 11.8. The van der Waals surface area contributed by atoms with Gasteiger partial charge in [0.15, 0.2) is 5.78 Å². The summed E-state index contributed by atoms with van der Waals surface area (Å²) in [6, 6.07) is -0.925. The molecule has 0 amide bonds. The van der Waals surface area contributed by atoms with E-state index < -0.39 is 12.0 Å². The van der Waals surface area contributed by atoms with Gasteiger partial charge in [-0.1, -0.05) is 19.8 Å². The molecule has 1 aliphatic heterocycles. The number of aliphatic imine (C=N–C) groups is 1. The molecular weight excluding hydrogens is 232 g/mol. The molecule has 0 fully saturated rings. The average Bonchev–Trinajstić information content (AvgIpc) is 2.74. The first-order valence-electron chi connectivity index (χ1n) is 6.55. The SMILES string of the molecule is CC1CC=N[C@H]1C(=O)CCCCC[C@H](N)C(=O)O. The molecule has 5 heteroatoms. The van der Waals surface area contributed by atoms with Crippen LogP contribution >= 0.6 is 0 Å². The van der Waals surface area contributed by atoms with Crippen molar-refractivity contribution in [2.75, 3.05) is 0 Å². The number of unbranched alkanes of at least 4 members (excludes halogenated alkanes) is 2. The predicted molar refractivity (Wildman–Crippen MR) is 69.8 cm³/mol. The number of carbonyl (C=O) groups excluding carboxylic acids is 1. The molecule has 0 aromatic rings. The summed E-state index contributed by atoms with van der Waals surface area (Å²) in [5, 5.41) is 8.60. The van der Waals surface area contributed by atoms with Gasteiger partial charge in [-0.3, -0.25) is 14.6 Å². The van der Waals surface area contributed by atoms with Crippen molar-refractivity contribution in [3.63, 3.8) is 0 Å². The van der Waals surface area contributed by atoms with Gasteiger partial charge in [0.05, 0.1) is 0 Å².